The third-order valence-corrected chi connectivity index (χ3v) is 2.90. The minimum atomic E-state index is -2.74. The van der Waals surface area contributed by atoms with Crippen LogP contribution in [0.3, 0.4) is 0 Å². The van der Waals surface area contributed by atoms with Gasteiger partial charge in [0.25, 0.3) is 0 Å². The van der Waals surface area contributed by atoms with Gasteiger partial charge in [-0.3, -0.25) is 24.0 Å². The Morgan fingerprint density at radius 1 is 0.733 bits per heavy atom. The van der Waals surface area contributed by atoms with Gasteiger partial charge in [0.1, 0.15) is 12.1 Å². The number of aliphatic carboxylic acids is 6. The summed E-state index contributed by atoms with van der Waals surface area (Å²) in [5.41, 5.74) is 7.04. The summed E-state index contributed by atoms with van der Waals surface area (Å²) in [7, 11) is 0. The third kappa shape index (κ3) is 19.8. The van der Waals surface area contributed by atoms with E-state index >= 15 is 0 Å². The van der Waals surface area contributed by atoms with Crippen molar-refractivity contribution >= 4 is 48.4 Å². The summed E-state index contributed by atoms with van der Waals surface area (Å²) in [4.78, 5) is 59.9. The maximum atomic E-state index is 10.3. The molecule has 0 radical (unpaired) electrons. The predicted octanol–water partition coefficient (Wildman–Crippen LogP) is -2.41. The third-order valence-electron chi connectivity index (χ3n) is 2.51. The number of hydrogen-bond acceptors (Lipinski definition) is 10. The lowest BCUT2D eigenvalue weighted by Gasteiger charge is -2.18. The maximum absolute atomic E-state index is 10.3. The molecular formula is C14H26N2O13S. The summed E-state index contributed by atoms with van der Waals surface area (Å²) in [5, 5.41) is 57.9. The Labute approximate surface area is 175 Å². The highest BCUT2D eigenvalue weighted by Gasteiger charge is 2.40. The first-order chi connectivity index (χ1) is 13.0. The summed E-state index contributed by atoms with van der Waals surface area (Å²) >= 11 is 3.65. The van der Waals surface area contributed by atoms with Crippen molar-refractivity contribution in [1.82, 2.24) is 0 Å². The standard InChI is InChI=1S/C6H8O7.C4H7NO4.C3H7NO2S.CH4/c7-3(8)1-6(13,5(11)12)2-4(9)10;5-2(4(8)9)1-3(6)7;4-2(1-7)3(5)6;/h13H,1-2H2,(H,7,8)(H,9,10)(H,11,12);2H,1,5H2,(H,6,7)(H,8,9);2,7H,1,4H2,(H,5,6);1H4. The smallest absolute Gasteiger partial charge is 0.336 e. The summed E-state index contributed by atoms with van der Waals surface area (Å²) in [6.45, 7) is 0. The number of hydrogen-bond donors (Lipinski definition) is 10. The molecule has 0 saturated carbocycles. The normalized spacial score (nSPS) is 11.6. The quantitative estimate of drug-likeness (QED) is 0.151. The lowest BCUT2D eigenvalue weighted by molar-refractivity contribution is -0.170. The molecule has 2 unspecified atom stereocenters. The van der Waals surface area contributed by atoms with Gasteiger partial charge in [0.05, 0.1) is 19.3 Å². The highest BCUT2D eigenvalue weighted by molar-refractivity contribution is 7.80. The van der Waals surface area contributed by atoms with Crippen LogP contribution in [-0.4, -0.2) is 95.0 Å². The van der Waals surface area contributed by atoms with Crippen LogP contribution >= 0.6 is 12.6 Å². The topological polar surface area (TPSA) is 296 Å². The van der Waals surface area contributed by atoms with Crippen LogP contribution < -0.4 is 11.5 Å². The fourth-order valence-electron chi connectivity index (χ4n) is 1.07. The zero-order valence-corrected chi connectivity index (χ0v) is 15.6. The van der Waals surface area contributed by atoms with Gasteiger partial charge in [-0.25, -0.2) is 4.79 Å². The Balaban J connectivity index is -0.000000175. The average Bonchev–Trinajstić information content (AvgIpc) is 2.52. The number of carbonyl (C=O) groups is 6. The maximum Gasteiger partial charge on any atom is 0.336 e. The van der Waals surface area contributed by atoms with Crippen LogP contribution in [0.15, 0.2) is 0 Å². The number of aliphatic hydroxyl groups is 1. The molecule has 11 N–H and O–H groups in total. The monoisotopic (exact) mass is 462 g/mol. The first-order valence-corrected chi connectivity index (χ1v) is 7.82. The van der Waals surface area contributed by atoms with E-state index in [9.17, 15) is 28.8 Å². The molecule has 176 valence electrons. The molecule has 0 heterocycles. The highest BCUT2D eigenvalue weighted by atomic mass is 32.1. The van der Waals surface area contributed by atoms with Crippen molar-refractivity contribution < 1.29 is 64.5 Å². The lowest BCUT2D eigenvalue weighted by Crippen LogP contribution is -2.42. The molecule has 0 spiro atoms. The molecule has 0 saturated heterocycles. The van der Waals surface area contributed by atoms with Crippen molar-refractivity contribution in [2.75, 3.05) is 5.75 Å². The second kappa shape index (κ2) is 17.0. The van der Waals surface area contributed by atoms with Gasteiger partial charge in [-0.1, -0.05) is 7.43 Å². The Morgan fingerprint density at radius 2 is 1.07 bits per heavy atom. The van der Waals surface area contributed by atoms with Gasteiger partial charge in [0.2, 0.25) is 0 Å². The molecule has 2 atom stereocenters. The highest BCUT2D eigenvalue weighted by Crippen LogP contribution is 2.15. The second-order valence-electron chi connectivity index (χ2n) is 5.15. The van der Waals surface area contributed by atoms with Crippen LogP contribution in [0.1, 0.15) is 26.7 Å². The summed E-state index contributed by atoms with van der Waals surface area (Å²) in [6, 6.07) is -2.11. The van der Waals surface area contributed by atoms with Crippen molar-refractivity contribution in [3.05, 3.63) is 0 Å². The van der Waals surface area contributed by atoms with Crippen LogP contribution in [0.2, 0.25) is 0 Å². The summed E-state index contributed by atoms with van der Waals surface area (Å²) < 4.78 is 0. The first kappa shape index (κ1) is 34.5. The van der Waals surface area contributed by atoms with Gasteiger partial charge in [-0.2, -0.15) is 12.6 Å². The first-order valence-electron chi connectivity index (χ1n) is 7.18. The van der Waals surface area contributed by atoms with Crippen molar-refractivity contribution in [2.24, 2.45) is 11.5 Å². The molecule has 30 heavy (non-hydrogen) atoms. The van der Waals surface area contributed by atoms with Crippen LogP contribution in [0.5, 0.6) is 0 Å². The fraction of sp³-hybridized carbons (Fsp3) is 0.571. The Kier molecular flexibility index (Phi) is 19.5. The average molecular weight is 462 g/mol. The van der Waals surface area contributed by atoms with E-state index in [1.807, 2.05) is 0 Å². The molecule has 0 aliphatic carbocycles. The second-order valence-corrected chi connectivity index (χ2v) is 5.51. The Morgan fingerprint density at radius 3 is 1.17 bits per heavy atom. The molecule has 0 bridgehead atoms. The van der Waals surface area contributed by atoms with Crippen LogP contribution in [0, 0.1) is 0 Å². The van der Waals surface area contributed by atoms with Crippen molar-refractivity contribution in [3.8, 4) is 0 Å². The summed E-state index contributed by atoms with van der Waals surface area (Å²) in [6.07, 6.45) is -2.82. The number of rotatable bonds is 10. The molecule has 0 aliphatic rings. The molecule has 16 heteroatoms. The molecule has 0 aromatic heterocycles. The number of thiol groups is 1. The molecule has 0 amide bonds. The van der Waals surface area contributed by atoms with Crippen LogP contribution in [-0.2, 0) is 28.8 Å². The van der Waals surface area contributed by atoms with E-state index in [2.05, 4.69) is 12.6 Å². The van der Waals surface area contributed by atoms with E-state index in [4.69, 9.17) is 47.2 Å². The van der Waals surface area contributed by atoms with Gasteiger partial charge < -0.3 is 47.2 Å². The lowest BCUT2D eigenvalue weighted by atomic mass is 9.96. The summed E-state index contributed by atoms with van der Waals surface area (Å²) in [5.74, 6) is -8.33. The van der Waals surface area contributed by atoms with Crippen LogP contribution in [0.25, 0.3) is 0 Å². The number of nitrogens with two attached hydrogens (primary N) is 2. The van der Waals surface area contributed by atoms with Gasteiger partial charge in [0, 0.05) is 5.75 Å². The minimum Gasteiger partial charge on any atom is -0.481 e. The van der Waals surface area contributed by atoms with E-state index in [-0.39, 0.29) is 13.2 Å². The largest absolute Gasteiger partial charge is 0.481 e. The molecule has 0 aromatic rings. The van der Waals surface area contributed by atoms with Crippen molar-refractivity contribution in [3.63, 3.8) is 0 Å². The molecule has 0 rings (SSSR count). The number of carboxylic acids is 6. The van der Waals surface area contributed by atoms with Gasteiger partial charge in [0.15, 0.2) is 5.60 Å². The van der Waals surface area contributed by atoms with Crippen molar-refractivity contribution in [2.45, 2.75) is 44.4 Å². The molecule has 0 fully saturated rings. The fourth-order valence-corrected chi connectivity index (χ4v) is 1.22. The zero-order chi connectivity index (χ0) is 23.9. The Bertz CT molecular complexity index is 595. The van der Waals surface area contributed by atoms with Gasteiger partial charge >= 0.3 is 35.8 Å². The molecule has 0 aliphatic heterocycles. The van der Waals surface area contributed by atoms with E-state index < -0.39 is 72.8 Å². The van der Waals surface area contributed by atoms with E-state index in [1.165, 1.54) is 0 Å². The van der Waals surface area contributed by atoms with Gasteiger partial charge in [-0.15, -0.1) is 0 Å². The molecule has 0 aromatic carbocycles. The minimum absolute atomic E-state index is 0. The van der Waals surface area contributed by atoms with Crippen molar-refractivity contribution in [1.29, 1.82) is 0 Å². The number of carboxylic acid groups (broad SMARTS) is 6. The predicted molar refractivity (Wildman–Crippen MR) is 101 cm³/mol. The Hall–Kier alpha value is -2.95. The molecular weight excluding hydrogens is 436 g/mol. The zero-order valence-electron chi connectivity index (χ0n) is 14.7. The van der Waals surface area contributed by atoms with E-state index in [1.54, 1.807) is 0 Å². The van der Waals surface area contributed by atoms with Gasteiger partial charge in [-0.05, 0) is 0 Å². The molecule has 15 nitrogen and oxygen atoms in total. The van der Waals surface area contributed by atoms with Crippen LogP contribution in [0.4, 0.5) is 0 Å². The van der Waals surface area contributed by atoms with E-state index in [0.717, 1.165) is 0 Å². The SMILES string of the molecule is C.NC(CC(=O)O)C(=O)O.NC(CS)C(=O)O.O=C(O)CC(O)(CC(=O)O)C(=O)O. The van der Waals surface area contributed by atoms with E-state index in [0.29, 0.717) is 0 Å².